The fraction of sp³-hybridized carbons (Fsp3) is 0.189. The Morgan fingerprint density at radius 1 is 0.475 bits per heavy atom. The Kier molecular flexibility index (Phi) is 6.94. The molecule has 5 aliphatic carbocycles. The first-order valence-corrected chi connectivity index (χ1v) is 21.0. The van der Waals surface area contributed by atoms with Crippen LogP contribution in [0.5, 0.6) is 0 Å². The highest BCUT2D eigenvalue weighted by Gasteiger charge is 2.61. The Morgan fingerprint density at radius 2 is 1.15 bits per heavy atom. The monoisotopic (exact) mass is 768 g/mol. The third-order valence-electron chi connectivity index (χ3n) is 14.5. The van der Waals surface area contributed by atoms with Gasteiger partial charge in [0.1, 0.15) is 11.6 Å². The Labute approximate surface area is 340 Å². The Morgan fingerprint density at radius 3 is 1.97 bits per heavy atom. The number of hydrogen-bond acceptors (Lipinski definition) is 3. The molecule has 6 heteroatoms. The van der Waals surface area contributed by atoms with Gasteiger partial charge in [0.25, 0.3) is 0 Å². The quantitative estimate of drug-likeness (QED) is 0.179. The fourth-order valence-electron chi connectivity index (χ4n) is 12.4. The zero-order valence-corrected chi connectivity index (χ0v) is 32.2. The van der Waals surface area contributed by atoms with E-state index in [1.807, 2.05) is 59.2 Å². The Hall–Kier alpha value is -6.53. The first-order chi connectivity index (χ1) is 29.0. The number of fused-ring (bicyclic) bond motifs is 7. The third kappa shape index (κ3) is 4.77. The van der Waals surface area contributed by atoms with E-state index in [1.165, 1.54) is 66.5 Å². The summed E-state index contributed by atoms with van der Waals surface area (Å²) in [5.41, 5.74) is 9.69. The highest BCUT2D eigenvalue weighted by Crippen LogP contribution is 2.69. The minimum atomic E-state index is -0.366. The van der Waals surface area contributed by atoms with Crippen molar-refractivity contribution in [2.24, 2.45) is 23.7 Å². The van der Waals surface area contributed by atoms with E-state index in [9.17, 15) is 0 Å². The van der Waals surface area contributed by atoms with Crippen molar-refractivity contribution in [3.63, 3.8) is 0 Å². The van der Waals surface area contributed by atoms with Crippen molar-refractivity contribution < 1.29 is 8.78 Å². The van der Waals surface area contributed by atoms with Gasteiger partial charge in [-0.15, -0.1) is 0 Å². The molecule has 2 heterocycles. The molecule has 0 atom stereocenters. The highest BCUT2D eigenvalue weighted by molar-refractivity contribution is 6.10. The zero-order chi connectivity index (χ0) is 39.0. The van der Waals surface area contributed by atoms with Crippen LogP contribution in [0.4, 0.5) is 8.78 Å². The van der Waals surface area contributed by atoms with Crippen molar-refractivity contribution >= 4 is 32.6 Å². The number of benzene rings is 7. The van der Waals surface area contributed by atoms with Crippen molar-refractivity contribution in [3.8, 4) is 51.0 Å². The van der Waals surface area contributed by atoms with Crippen LogP contribution in [0.1, 0.15) is 43.2 Å². The van der Waals surface area contributed by atoms with E-state index in [4.69, 9.17) is 15.0 Å². The van der Waals surface area contributed by atoms with Crippen molar-refractivity contribution in [3.05, 3.63) is 168 Å². The summed E-state index contributed by atoms with van der Waals surface area (Å²) in [6, 6.07) is 48.0. The van der Waals surface area contributed by atoms with E-state index in [-0.39, 0.29) is 17.0 Å². The predicted octanol–water partition coefficient (Wildman–Crippen LogP) is 13.1. The molecule has 0 saturated heterocycles. The van der Waals surface area contributed by atoms with Crippen LogP contribution in [-0.4, -0.2) is 19.5 Å². The van der Waals surface area contributed by atoms with Crippen LogP contribution in [0.25, 0.3) is 83.6 Å². The lowest BCUT2D eigenvalue weighted by Gasteiger charge is -2.61. The van der Waals surface area contributed by atoms with Gasteiger partial charge in [-0.25, -0.2) is 13.8 Å². The summed E-state index contributed by atoms with van der Waals surface area (Å²) in [4.78, 5) is 15.1. The molecule has 1 spiro atoms. The first-order valence-electron chi connectivity index (χ1n) is 21.0. The number of rotatable bonds is 4. The van der Waals surface area contributed by atoms with E-state index in [1.54, 1.807) is 12.1 Å². The minimum absolute atomic E-state index is 0.0418. The molecule has 0 aliphatic heterocycles. The maximum Gasteiger partial charge on any atom is 0.238 e. The summed E-state index contributed by atoms with van der Waals surface area (Å²) >= 11 is 0. The molecule has 4 fully saturated rings. The second-order valence-corrected chi connectivity index (χ2v) is 17.5. The van der Waals surface area contributed by atoms with Crippen LogP contribution < -0.4 is 0 Å². The maximum absolute atomic E-state index is 17.0. The van der Waals surface area contributed by atoms with Gasteiger partial charge in [-0.05, 0) is 137 Å². The Balaban J connectivity index is 1.00. The fourth-order valence-corrected chi connectivity index (χ4v) is 12.4. The molecule has 284 valence electrons. The summed E-state index contributed by atoms with van der Waals surface area (Å²) in [6.45, 7) is 0. The average molecular weight is 769 g/mol. The summed E-state index contributed by atoms with van der Waals surface area (Å²) in [7, 11) is 0. The molecule has 7 aromatic carbocycles. The van der Waals surface area contributed by atoms with Crippen molar-refractivity contribution in [1.82, 2.24) is 19.5 Å². The van der Waals surface area contributed by atoms with Crippen LogP contribution in [0.3, 0.4) is 0 Å². The summed E-state index contributed by atoms with van der Waals surface area (Å²) < 4.78 is 34.1. The van der Waals surface area contributed by atoms with Crippen LogP contribution in [0.15, 0.2) is 146 Å². The van der Waals surface area contributed by atoms with Gasteiger partial charge in [0, 0.05) is 32.9 Å². The Bertz CT molecular complexity index is 3190. The number of aromatic nitrogens is 4. The van der Waals surface area contributed by atoms with Gasteiger partial charge >= 0.3 is 0 Å². The van der Waals surface area contributed by atoms with Crippen molar-refractivity contribution in [1.29, 1.82) is 0 Å². The topological polar surface area (TPSA) is 43.6 Å². The normalized spacial score (nSPS) is 22.5. The molecular weight excluding hydrogens is 731 g/mol. The molecule has 9 aromatic rings. The second-order valence-electron chi connectivity index (χ2n) is 17.5. The van der Waals surface area contributed by atoms with Crippen molar-refractivity contribution in [2.75, 3.05) is 0 Å². The smallest absolute Gasteiger partial charge is 0.238 e. The maximum atomic E-state index is 17.0. The van der Waals surface area contributed by atoms with Gasteiger partial charge in [0.2, 0.25) is 5.95 Å². The first kappa shape index (κ1) is 33.4. The van der Waals surface area contributed by atoms with Crippen LogP contribution in [0.2, 0.25) is 0 Å². The molecule has 4 saturated carbocycles. The van der Waals surface area contributed by atoms with Gasteiger partial charge in [-0.2, -0.15) is 9.97 Å². The molecule has 4 bridgehead atoms. The molecular formula is C53H38F2N4. The van der Waals surface area contributed by atoms with Gasteiger partial charge in [-0.3, -0.25) is 4.57 Å². The largest absolute Gasteiger partial charge is 0.278 e. The second kappa shape index (κ2) is 12.2. The van der Waals surface area contributed by atoms with Gasteiger partial charge < -0.3 is 0 Å². The molecule has 2 aromatic heterocycles. The van der Waals surface area contributed by atoms with E-state index in [0.717, 1.165) is 44.7 Å². The standard InChI is InChI=1S/C53H38F2N4/c54-39-17-19-48-43(27-39)44-28-41(35-16-18-46-42(26-35)40-12-6-7-13-45(40)53(46)37-21-30-20-31(23-37)24-38(53)22-30)47(55)29-49(44)59(48)52-57-50(33-9-2-1-3-10-33)56-51(58-52)36-15-14-32-8-4-5-11-34(32)25-36/h1-19,25-31,37-38H,20-24H2. The lowest BCUT2D eigenvalue weighted by Crippen LogP contribution is -2.55. The predicted molar refractivity (Wildman–Crippen MR) is 231 cm³/mol. The minimum Gasteiger partial charge on any atom is -0.278 e. The molecule has 0 N–H and O–H groups in total. The average Bonchev–Trinajstić information content (AvgIpc) is 3.74. The SMILES string of the molecule is Fc1ccc2c(c1)c1cc(-c3ccc4c(c3)-c3ccccc3C43C4CC5CC(C4)CC3C5)c(F)cc1n2-c1nc(-c2ccccc2)nc(-c2ccc3ccccc3c2)n1. The molecule has 0 unspecified atom stereocenters. The van der Waals surface area contributed by atoms with E-state index < -0.39 is 0 Å². The molecule has 14 rings (SSSR count). The lowest BCUT2D eigenvalue weighted by atomic mass is 9.43. The summed E-state index contributed by atoms with van der Waals surface area (Å²) in [6.07, 6.45) is 6.66. The number of hydrogen-bond donors (Lipinski definition) is 0. The third-order valence-corrected chi connectivity index (χ3v) is 14.5. The van der Waals surface area contributed by atoms with Crippen molar-refractivity contribution in [2.45, 2.75) is 37.5 Å². The van der Waals surface area contributed by atoms with Gasteiger partial charge in [0.15, 0.2) is 11.6 Å². The molecule has 0 amide bonds. The zero-order valence-electron chi connectivity index (χ0n) is 32.2. The van der Waals surface area contributed by atoms with Gasteiger partial charge in [-0.1, -0.05) is 103 Å². The van der Waals surface area contributed by atoms with E-state index in [2.05, 4.69) is 66.7 Å². The highest BCUT2D eigenvalue weighted by atomic mass is 19.1. The van der Waals surface area contributed by atoms with Gasteiger partial charge in [0.05, 0.1) is 11.0 Å². The molecule has 59 heavy (non-hydrogen) atoms. The molecule has 4 nitrogen and oxygen atoms in total. The summed E-state index contributed by atoms with van der Waals surface area (Å²) in [5.74, 6) is 3.61. The molecule has 0 radical (unpaired) electrons. The van der Waals surface area contributed by atoms with E-state index >= 15 is 8.78 Å². The summed E-state index contributed by atoms with van der Waals surface area (Å²) in [5, 5.41) is 3.57. The van der Waals surface area contributed by atoms with Crippen LogP contribution in [0, 0.1) is 35.3 Å². The number of nitrogens with zero attached hydrogens (tertiary/aromatic N) is 4. The van der Waals surface area contributed by atoms with Crippen LogP contribution in [-0.2, 0) is 5.41 Å². The van der Waals surface area contributed by atoms with Crippen LogP contribution >= 0.6 is 0 Å². The van der Waals surface area contributed by atoms with E-state index in [0.29, 0.717) is 51.4 Å². The molecule has 5 aliphatic rings. The number of halogens is 2. The lowest BCUT2D eigenvalue weighted by molar-refractivity contribution is -0.0399.